The summed E-state index contributed by atoms with van der Waals surface area (Å²) in [4.78, 5) is 21.5. The first-order valence-electron chi connectivity index (χ1n) is 26.6. The second kappa shape index (κ2) is 18.8. The summed E-state index contributed by atoms with van der Waals surface area (Å²) in [6.45, 7) is 23.9. The van der Waals surface area contributed by atoms with Crippen LogP contribution in [-0.4, -0.2) is 23.7 Å². The first-order valence-corrected chi connectivity index (χ1v) is 26.6. The van der Waals surface area contributed by atoms with Crippen LogP contribution >= 0.6 is 0 Å². The lowest BCUT2D eigenvalue weighted by Crippen LogP contribution is -1.96. The number of hydrogen-bond acceptors (Lipinski definition) is 2. The molecule has 0 aliphatic rings. The van der Waals surface area contributed by atoms with Gasteiger partial charge in [-0.2, -0.15) is 0 Å². The van der Waals surface area contributed by atoms with E-state index in [2.05, 4.69) is 186 Å². The monoisotopic (exact) mass is 1030 g/mol. The Labute approximate surface area is 466 Å². The van der Waals surface area contributed by atoms with Gasteiger partial charge < -0.3 is 13.7 Å². The van der Waals surface area contributed by atoms with Crippen LogP contribution in [-0.2, 0) is 0 Å². The van der Waals surface area contributed by atoms with E-state index in [0.29, 0.717) is 22.9 Å². The average molecular weight is 1030 g/mol. The molecule has 4 heterocycles. The van der Waals surface area contributed by atoms with Crippen molar-refractivity contribution < 1.29 is 0 Å². The smallest absolute Gasteiger partial charge is 0.195 e. The SMILES string of the molecule is [C-]#[N+]c1ccc2c(c1)c1ccccc1n2-c1ccc2c(c1)c1cc(-n3c4ccccc4c4cc([N+]#[C-])ccc43)ccc1n2-c1ccc(-c2ccc(-c3ccc(-c4cc(-c5ccccc5)nc(-c5ccccc5)n4)cc3[N+]#[C-])cc2)cc1. The molecule has 15 aromatic rings. The molecule has 11 aromatic carbocycles. The minimum Gasteiger partial charge on any atom is -0.309 e. The molecule has 0 radical (unpaired) electrons. The van der Waals surface area contributed by atoms with Gasteiger partial charge >= 0.3 is 0 Å². The maximum Gasteiger partial charge on any atom is 0.195 e. The third kappa shape index (κ3) is 7.73. The zero-order valence-electron chi connectivity index (χ0n) is 43.3. The van der Waals surface area contributed by atoms with E-state index in [1.807, 2.05) is 97.1 Å². The Morgan fingerprint density at radius 2 is 0.679 bits per heavy atom. The first kappa shape index (κ1) is 46.7. The zero-order chi connectivity index (χ0) is 54.1. The molecule has 0 saturated carbocycles. The van der Waals surface area contributed by atoms with Crippen LogP contribution in [0.5, 0.6) is 0 Å². The van der Waals surface area contributed by atoms with Gasteiger partial charge in [-0.1, -0.05) is 158 Å². The normalized spacial score (nSPS) is 11.4. The van der Waals surface area contributed by atoms with Gasteiger partial charge in [0.2, 0.25) is 0 Å². The number of benzene rings is 11. The fourth-order valence-electron chi connectivity index (χ4n) is 11.9. The molecule has 0 unspecified atom stereocenters. The van der Waals surface area contributed by atoms with E-state index in [1.54, 1.807) is 0 Å². The highest BCUT2D eigenvalue weighted by molar-refractivity contribution is 6.14. The Morgan fingerprint density at radius 3 is 1.21 bits per heavy atom. The molecule has 4 aromatic heterocycles. The van der Waals surface area contributed by atoms with Crippen LogP contribution in [0.3, 0.4) is 0 Å². The molecular formula is C73H42N8. The van der Waals surface area contributed by atoms with E-state index >= 15 is 0 Å². The van der Waals surface area contributed by atoms with Gasteiger partial charge in [-0.05, 0) is 136 Å². The molecule has 374 valence electrons. The maximum atomic E-state index is 8.30. The van der Waals surface area contributed by atoms with Crippen molar-refractivity contribution >= 4 is 82.5 Å². The molecule has 0 atom stereocenters. The number of nitrogens with zero attached hydrogens (tertiary/aromatic N) is 8. The van der Waals surface area contributed by atoms with E-state index in [9.17, 15) is 0 Å². The van der Waals surface area contributed by atoms with Crippen molar-refractivity contribution in [3.05, 3.63) is 289 Å². The van der Waals surface area contributed by atoms with Crippen LogP contribution in [0.2, 0.25) is 0 Å². The lowest BCUT2D eigenvalue weighted by molar-refractivity contribution is 1.16. The van der Waals surface area contributed by atoms with Gasteiger partial charge in [-0.15, -0.1) is 0 Å². The van der Waals surface area contributed by atoms with Crippen LogP contribution in [0.25, 0.3) is 153 Å². The number of rotatable bonds is 8. The van der Waals surface area contributed by atoms with Crippen molar-refractivity contribution in [3.63, 3.8) is 0 Å². The van der Waals surface area contributed by atoms with Crippen molar-refractivity contribution in [1.29, 1.82) is 0 Å². The topological polar surface area (TPSA) is 53.6 Å². The van der Waals surface area contributed by atoms with Gasteiger partial charge in [0.1, 0.15) is 0 Å². The van der Waals surface area contributed by atoms with Crippen LogP contribution in [0.15, 0.2) is 255 Å². The number of fused-ring (bicyclic) bond motifs is 9. The summed E-state index contributed by atoms with van der Waals surface area (Å²) in [5.74, 6) is 0.631. The average Bonchev–Trinajstić information content (AvgIpc) is 4.29. The second-order valence-corrected chi connectivity index (χ2v) is 20.2. The van der Waals surface area contributed by atoms with Gasteiger partial charge in [0.05, 0.1) is 64.2 Å². The van der Waals surface area contributed by atoms with E-state index < -0.39 is 0 Å². The van der Waals surface area contributed by atoms with Gasteiger partial charge in [0.15, 0.2) is 22.9 Å². The van der Waals surface area contributed by atoms with Crippen LogP contribution in [0.1, 0.15) is 0 Å². The predicted octanol–water partition coefficient (Wildman–Crippen LogP) is 19.8. The fourth-order valence-corrected chi connectivity index (χ4v) is 11.9. The van der Waals surface area contributed by atoms with Gasteiger partial charge in [0.25, 0.3) is 0 Å². The Hall–Kier alpha value is -11.6. The molecule has 0 N–H and O–H groups in total. The number of para-hydroxylation sites is 2. The van der Waals surface area contributed by atoms with Crippen LogP contribution in [0, 0.1) is 19.7 Å². The second-order valence-electron chi connectivity index (χ2n) is 20.2. The van der Waals surface area contributed by atoms with Gasteiger partial charge in [-0.25, -0.2) is 24.5 Å². The summed E-state index contributed by atoms with van der Waals surface area (Å²) in [6, 6.07) is 87.6. The standard InChI is InChI=1S/C73H42N8/c1-74-52-29-36-69-60(41-52)58-18-10-12-20-67(58)80(69)55-33-38-71-62(43-55)63-44-56(81-68-21-13-11-19-59(68)61-42-53(75-2)30-37-70(61)81)34-39-72(63)79(71)54-31-26-47(27-32-54)46-22-24-48(25-23-46)57-35-28-51(40-66(57)76-3)65-45-64(49-14-6-4-7-15-49)77-73(78-65)50-16-8-5-9-17-50/h4-45H. The lowest BCUT2D eigenvalue weighted by atomic mass is 9.97. The van der Waals surface area contributed by atoms with Crippen molar-refractivity contribution in [2.75, 3.05) is 0 Å². The number of hydrogen-bond donors (Lipinski definition) is 0. The molecule has 15 rings (SSSR count). The molecule has 0 bridgehead atoms. The molecule has 0 amide bonds. The molecule has 0 saturated heterocycles. The highest BCUT2D eigenvalue weighted by atomic mass is 15.0. The van der Waals surface area contributed by atoms with Gasteiger partial charge in [-0.3, -0.25) is 0 Å². The summed E-state index contributed by atoms with van der Waals surface area (Å²) in [5.41, 5.74) is 19.5. The molecule has 0 spiro atoms. The van der Waals surface area contributed by atoms with E-state index in [1.165, 1.54) is 0 Å². The number of aromatic nitrogens is 5. The zero-order valence-corrected chi connectivity index (χ0v) is 43.3. The van der Waals surface area contributed by atoms with Gasteiger partial charge in [0, 0.05) is 49.7 Å². The summed E-state index contributed by atoms with van der Waals surface area (Å²) < 4.78 is 6.98. The summed E-state index contributed by atoms with van der Waals surface area (Å²) >= 11 is 0. The van der Waals surface area contributed by atoms with Crippen LogP contribution < -0.4 is 0 Å². The Kier molecular flexibility index (Phi) is 10.8. The predicted molar refractivity (Wildman–Crippen MR) is 331 cm³/mol. The molecule has 0 fully saturated rings. The highest BCUT2D eigenvalue weighted by Crippen LogP contribution is 2.42. The lowest BCUT2D eigenvalue weighted by Gasteiger charge is -2.12. The maximum absolute atomic E-state index is 8.30. The molecule has 81 heavy (non-hydrogen) atoms. The highest BCUT2D eigenvalue weighted by Gasteiger charge is 2.21. The van der Waals surface area contributed by atoms with Crippen molar-refractivity contribution in [1.82, 2.24) is 23.7 Å². The Morgan fingerprint density at radius 1 is 0.272 bits per heavy atom. The molecular weight excluding hydrogens is 989 g/mol. The third-order valence-electron chi connectivity index (χ3n) is 15.7. The quantitative estimate of drug-likeness (QED) is 0.142. The summed E-state index contributed by atoms with van der Waals surface area (Å²) in [6.07, 6.45) is 0. The third-order valence-corrected chi connectivity index (χ3v) is 15.7. The fraction of sp³-hybridized carbons (Fsp3) is 0. The molecule has 0 aliphatic carbocycles. The van der Waals surface area contributed by atoms with E-state index in [-0.39, 0.29) is 0 Å². The molecule has 0 aliphatic heterocycles. The summed E-state index contributed by atoms with van der Waals surface area (Å²) in [5, 5.41) is 6.49. The van der Waals surface area contributed by atoms with E-state index in [0.717, 1.165) is 133 Å². The van der Waals surface area contributed by atoms with Crippen molar-refractivity contribution in [2.24, 2.45) is 0 Å². The van der Waals surface area contributed by atoms with Crippen LogP contribution in [0.4, 0.5) is 17.1 Å². The van der Waals surface area contributed by atoms with E-state index in [4.69, 9.17) is 29.7 Å². The van der Waals surface area contributed by atoms with Crippen molar-refractivity contribution in [3.8, 4) is 73.2 Å². The first-order chi connectivity index (χ1) is 40.0. The minimum absolute atomic E-state index is 0.548. The molecule has 8 heteroatoms. The van der Waals surface area contributed by atoms with Crippen molar-refractivity contribution in [2.45, 2.75) is 0 Å². The minimum atomic E-state index is 0.548. The molecule has 8 nitrogen and oxygen atoms in total. The Balaban J connectivity index is 0.812. The Bertz CT molecular complexity index is 4930. The summed E-state index contributed by atoms with van der Waals surface area (Å²) in [7, 11) is 0. The largest absolute Gasteiger partial charge is 0.309 e.